The predicted molar refractivity (Wildman–Crippen MR) is 124 cm³/mol. The van der Waals surface area contributed by atoms with Crippen LogP contribution in [0.5, 0.6) is 17.2 Å². The van der Waals surface area contributed by atoms with Crippen molar-refractivity contribution in [3.05, 3.63) is 88.5 Å². The van der Waals surface area contributed by atoms with Gasteiger partial charge in [0, 0.05) is 17.3 Å². The number of aliphatic hydroxyl groups excluding tert-OH is 1. The summed E-state index contributed by atoms with van der Waals surface area (Å²) in [5.74, 6) is -1.18. The van der Waals surface area contributed by atoms with Gasteiger partial charge in [0.15, 0.2) is 0 Å². The Morgan fingerprint density at radius 1 is 0.970 bits per heavy atom. The molecule has 0 aliphatic carbocycles. The standard InChI is InChI=1S/C25H20ClNO6/c1-32-18-5-3-4-16(13-18)27-22(14-6-9-17(28)10-7-14)21(24(30)25(27)31)23(29)15-8-11-19(26)20(12-15)33-2/h3-13,22,28-29H,1-2H3/b23-21+. The quantitative estimate of drug-likeness (QED) is 0.322. The summed E-state index contributed by atoms with van der Waals surface area (Å²) in [6, 6.07) is 16.4. The van der Waals surface area contributed by atoms with E-state index in [1.165, 1.54) is 49.5 Å². The fourth-order valence-corrected chi connectivity index (χ4v) is 3.99. The molecule has 1 unspecified atom stereocenters. The molecular weight excluding hydrogens is 446 g/mol. The lowest BCUT2D eigenvalue weighted by atomic mass is 9.95. The van der Waals surface area contributed by atoms with Gasteiger partial charge >= 0.3 is 0 Å². The molecule has 1 amide bonds. The lowest BCUT2D eigenvalue weighted by Crippen LogP contribution is -2.29. The third-order valence-electron chi connectivity index (χ3n) is 5.41. The number of hydrogen-bond acceptors (Lipinski definition) is 6. The zero-order valence-corrected chi connectivity index (χ0v) is 18.5. The average molecular weight is 466 g/mol. The third kappa shape index (κ3) is 3.99. The number of carbonyl (C=O) groups is 2. The number of anilines is 1. The highest BCUT2D eigenvalue weighted by molar-refractivity contribution is 6.51. The molecule has 1 saturated heterocycles. The molecule has 1 atom stereocenters. The second-order valence-corrected chi connectivity index (χ2v) is 7.72. The van der Waals surface area contributed by atoms with Crippen molar-refractivity contribution >= 4 is 34.7 Å². The predicted octanol–water partition coefficient (Wildman–Crippen LogP) is 4.69. The van der Waals surface area contributed by atoms with Crippen LogP contribution in [0, 0.1) is 0 Å². The fourth-order valence-electron chi connectivity index (χ4n) is 3.79. The van der Waals surface area contributed by atoms with Crippen molar-refractivity contribution in [3.8, 4) is 17.2 Å². The van der Waals surface area contributed by atoms with Crippen molar-refractivity contribution in [2.45, 2.75) is 6.04 Å². The van der Waals surface area contributed by atoms with Crippen molar-refractivity contribution < 1.29 is 29.3 Å². The number of ether oxygens (including phenoxy) is 2. The lowest BCUT2D eigenvalue weighted by Gasteiger charge is -2.25. The second kappa shape index (κ2) is 8.88. The summed E-state index contributed by atoms with van der Waals surface area (Å²) in [6.45, 7) is 0. The number of ketones is 1. The molecule has 0 aromatic heterocycles. The Bertz CT molecular complexity index is 1270. The molecule has 3 aromatic carbocycles. The Labute approximate surface area is 195 Å². The number of halogens is 1. The molecule has 2 N–H and O–H groups in total. The van der Waals surface area contributed by atoms with Gasteiger partial charge in [-0.25, -0.2) is 0 Å². The van der Waals surface area contributed by atoms with Gasteiger partial charge in [0.25, 0.3) is 11.7 Å². The molecule has 0 spiro atoms. The maximum absolute atomic E-state index is 13.2. The first-order valence-electron chi connectivity index (χ1n) is 9.93. The van der Waals surface area contributed by atoms with Crippen LogP contribution in [0.3, 0.4) is 0 Å². The molecule has 1 fully saturated rings. The lowest BCUT2D eigenvalue weighted by molar-refractivity contribution is -0.132. The summed E-state index contributed by atoms with van der Waals surface area (Å²) in [6.07, 6.45) is 0. The van der Waals surface area contributed by atoms with Gasteiger partial charge in [-0.1, -0.05) is 29.8 Å². The monoisotopic (exact) mass is 465 g/mol. The van der Waals surface area contributed by atoms with Crippen LogP contribution in [0.2, 0.25) is 5.02 Å². The van der Waals surface area contributed by atoms with Crippen molar-refractivity contribution in [3.63, 3.8) is 0 Å². The fraction of sp³-hybridized carbons (Fsp3) is 0.120. The number of nitrogens with zero attached hydrogens (tertiary/aromatic N) is 1. The largest absolute Gasteiger partial charge is 0.508 e. The van der Waals surface area contributed by atoms with E-state index in [1.54, 1.807) is 36.4 Å². The van der Waals surface area contributed by atoms with Crippen LogP contribution in [0.4, 0.5) is 5.69 Å². The minimum atomic E-state index is -0.945. The number of phenolic OH excluding ortho intramolecular Hbond substituents is 1. The third-order valence-corrected chi connectivity index (χ3v) is 5.72. The molecule has 0 saturated carbocycles. The van der Waals surface area contributed by atoms with Gasteiger partial charge in [0.05, 0.1) is 30.9 Å². The summed E-state index contributed by atoms with van der Waals surface area (Å²) in [7, 11) is 2.93. The van der Waals surface area contributed by atoms with Crippen molar-refractivity contribution in [1.82, 2.24) is 0 Å². The minimum absolute atomic E-state index is 0.0273. The molecule has 7 nitrogen and oxygen atoms in total. The van der Waals surface area contributed by atoms with E-state index in [-0.39, 0.29) is 22.6 Å². The molecule has 0 radical (unpaired) electrons. The molecule has 8 heteroatoms. The van der Waals surface area contributed by atoms with Crippen molar-refractivity contribution in [2.24, 2.45) is 0 Å². The topological polar surface area (TPSA) is 96.3 Å². The maximum Gasteiger partial charge on any atom is 0.300 e. The van der Waals surface area contributed by atoms with E-state index in [0.717, 1.165) is 0 Å². The number of hydrogen-bond donors (Lipinski definition) is 2. The maximum atomic E-state index is 13.2. The number of phenols is 1. The van der Waals surface area contributed by atoms with Crippen LogP contribution in [0.1, 0.15) is 17.2 Å². The molecule has 1 aliphatic heterocycles. The Hall–Kier alpha value is -3.97. The van der Waals surface area contributed by atoms with E-state index < -0.39 is 17.7 Å². The van der Waals surface area contributed by atoms with Crippen LogP contribution in [-0.2, 0) is 9.59 Å². The number of rotatable bonds is 5. The first-order valence-corrected chi connectivity index (χ1v) is 10.3. The van der Waals surface area contributed by atoms with E-state index in [1.807, 2.05) is 0 Å². The normalized spacial score (nSPS) is 17.3. The average Bonchev–Trinajstić information content (AvgIpc) is 3.09. The summed E-state index contributed by atoms with van der Waals surface area (Å²) in [5, 5.41) is 21.3. The van der Waals surface area contributed by atoms with Gasteiger partial charge in [0.2, 0.25) is 0 Å². The van der Waals surface area contributed by atoms with Gasteiger partial charge in [0.1, 0.15) is 23.0 Å². The number of Topliss-reactive ketones (excluding diaryl/α,β-unsaturated/α-hetero) is 1. The molecule has 3 aromatic rings. The zero-order chi connectivity index (χ0) is 23.7. The van der Waals surface area contributed by atoms with Crippen molar-refractivity contribution in [2.75, 3.05) is 19.1 Å². The number of aliphatic hydroxyl groups is 1. The van der Waals surface area contributed by atoms with Crippen LogP contribution >= 0.6 is 11.6 Å². The number of methoxy groups -OCH3 is 2. The van der Waals surface area contributed by atoms with Gasteiger partial charge in [-0.15, -0.1) is 0 Å². The minimum Gasteiger partial charge on any atom is -0.508 e. The molecule has 4 rings (SSSR count). The van der Waals surface area contributed by atoms with E-state index >= 15 is 0 Å². The Morgan fingerprint density at radius 2 is 1.70 bits per heavy atom. The van der Waals surface area contributed by atoms with E-state index in [4.69, 9.17) is 21.1 Å². The molecule has 33 heavy (non-hydrogen) atoms. The van der Waals surface area contributed by atoms with E-state index in [0.29, 0.717) is 27.8 Å². The Kier molecular flexibility index (Phi) is 5.98. The first kappa shape index (κ1) is 22.2. The Morgan fingerprint density at radius 3 is 2.36 bits per heavy atom. The van der Waals surface area contributed by atoms with Gasteiger partial charge in [-0.05, 0) is 48.0 Å². The highest BCUT2D eigenvalue weighted by Crippen LogP contribution is 2.43. The van der Waals surface area contributed by atoms with Crippen LogP contribution < -0.4 is 14.4 Å². The first-order chi connectivity index (χ1) is 15.8. The smallest absolute Gasteiger partial charge is 0.300 e. The van der Waals surface area contributed by atoms with Gasteiger partial charge < -0.3 is 19.7 Å². The van der Waals surface area contributed by atoms with E-state index in [9.17, 15) is 19.8 Å². The summed E-state index contributed by atoms with van der Waals surface area (Å²) in [5.41, 5.74) is 1.11. The van der Waals surface area contributed by atoms with Gasteiger partial charge in [-0.2, -0.15) is 0 Å². The summed E-state index contributed by atoms with van der Waals surface area (Å²) < 4.78 is 10.5. The molecule has 1 heterocycles. The van der Waals surface area contributed by atoms with Gasteiger partial charge in [-0.3, -0.25) is 14.5 Å². The summed E-state index contributed by atoms with van der Waals surface area (Å²) in [4.78, 5) is 27.7. The highest BCUT2D eigenvalue weighted by Gasteiger charge is 2.47. The van der Waals surface area contributed by atoms with Crippen LogP contribution in [-0.4, -0.2) is 36.1 Å². The second-order valence-electron chi connectivity index (χ2n) is 7.31. The number of amides is 1. The zero-order valence-electron chi connectivity index (χ0n) is 17.8. The summed E-state index contributed by atoms with van der Waals surface area (Å²) >= 11 is 6.10. The number of benzene rings is 3. The van der Waals surface area contributed by atoms with Crippen molar-refractivity contribution in [1.29, 1.82) is 0 Å². The Balaban J connectivity index is 1.95. The molecule has 0 bridgehead atoms. The molecule has 168 valence electrons. The molecular formula is C25H20ClNO6. The number of aromatic hydroxyl groups is 1. The van der Waals surface area contributed by atoms with Crippen LogP contribution in [0.25, 0.3) is 5.76 Å². The van der Waals surface area contributed by atoms with E-state index in [2.05, 4.69) is 0 Å². The highest BCUT2D eigenvalue weighted by atomic mass is 35.5. The van der Waals surface area contributed by atoms with Crippen LogP contribution in [0.15, 0.2) is 72.3 Å². The molecule has 1 aliphatic rings. The SMILES string of the molecule is COc1cccc(N2C(=O)C(=O)/C(=C(/O)c3ccc(Cl)c(OC)c3)C2c2ccc(O)cc2)c1. The number of carbonyl (C=O) groups excluding carboxylic acids is 2.